The maximum atomic E-state index is 2.38. The van der Waals surface area contributed by atoms with E-state index in [1.54, 1.807) is 0 Å². The summed E-state index contributed by atoms with van der Waals surface area (Å²) in [6.07, 6.45) is 5.52. The molecular weight excluding hydrogens is 120 g/mol. The fraction of sp³-hybridized carbons (Fsp3) is 1.00. The SMILES string of the molecule is CCCCC(C)[C@@H](C)CC. The van der Waals surface area contributed by atoms with Gasteiger partial charge in [0.05, 0.1) is 0 Å². The summed E-state index contributed by atoms with van der Waals surface area (Å²) in [5.41, 5.74) is 0. The molecule has 0 fully saturated rings. The van der Waals surface area contributed by atoms with Crippen molar-refractivity contribution in [2.24, 2.45) is 11.8 Å². The van der Waals surface area contributed by atoms with Crippen LogP contribution in [-0.2, 0) is 0 Å². The van der Waals surface area contributed by atoms with Gasteiger partial charge in [0, 0.05) is 0 Å². The van der Waals surface area contributed by atoms with E-state index in [0.29, 0.717) is 0 Å². The highest BCUT2D eigenvalue weighted by atomic mass is 14.1. The normalized spacial score (nSPS) is 16.8. The smallest absolute Gasteiger partial charge is 0.0417 e. The first-order valence-corrected chi connectivity index (χ1v) is 4.72. The molecule has 1 unspecified atom stereocenters. The third-order valence-electron chi connectivity index (χ3n) is 2.63. The van der Waals surface area contributed by atoms with E-state index < -0.39 is 0 Å². The van der Waals surface area contributed by atoms with Crippen molar-refractivity contribution >= 4 is 0 Å². The second kappa shape index (κ2) is 5.76. The molecule has 0 bridgehead atoms. The maximum Gasteiger partial charge on any atom is -0.0417 e. The van der Waals surface area contributed by atoms with Crippen LogP contribution in [0, 0.1) is 11.8 Å². The predicted molar refractivity (Wildman–Crippen MR) is 48.1 cm³/mol. The zero-order valence-corrected chi connectivity index (χ0v) is 7.98. The van der Waals surface area contributed by atoms with Gasteiger partial charge in [-0.2, -0.15) is 0 Å². The summed E-state index contributed by atoms with van der Waals surface area (Å²) in [6.45, 7) is 9.29. The zero-order valence-electron chi connectivity index (χ0n) is 7.98. The fourth-order valence-electron chi connectivity index (χ4n) is 1.21. The topological polar surface area (TPSA) is 0 Å². The van der Waals surface area contributed by atoms with Crippen LogP contribution in [0.25, 0.3) is 0 Å². The van der Waals surface area contributed by atoms with Gasteiger partial charge in [-0.15, -0.1) is 0 Å². The van der Waals surface area contributed by atoms with Crippen LogP contribution in [0.1, 0.15) is 53.4 Å². The molecule has 0 heteroatoms. The standard InChI is InChI=1S/C10H22/c1-5-7-8-10(4)9(3)6-2/h9-10H,5-8H2,1-4H3/t9-,10?/m0/s1. The van der Waals surface area contributed by atoms with Crippen LogP contribution in [0.4, 0.5) is 0 Å². The molecule has 0 rings (SSSR count). The average Bonchev–Trinajstić information content (AvgIpc) is 1.98. The van der Waals surface area contributed by atoms with E-state index in [-0.39, 0.29) is 0 Å². The Kier molecular flexibility index (Phi) is 5.76. The van der Waals surface area contributed by atoms with E-state index in [9.17, 15) is 0 Å². The van der Waals surface area contributed by atoms with E-state index in [1.807, 2.05) is 0 Å². The van der Waals surface area contributed by atoms with Gasteiger partial charge in [-0.05, 0) is 11.8 Å². The minimum atomic E-state index is 0.923. The van der Waals surface area contributed by atoms with Crippen molar-refractivity contribution in [1.82, 2.24) is 0 Å². The van der Waals surface area contributed by atoms with Crippen LogP contribution in [0.2, 0.25) is 0 Å². The van der Waals surface area contributed by atoms with E-state index >= 15 is 0 Å². The Balaban J connectivity index is 3.31. The van der Waals surface area contributed by atoms with E-state index in [0.717, 1.165) is 11.8 Å². The third-order valence-corrected chi connectivity index (χ3v) is 2.63. The number of hydrogen-bond donors (Lipinski definition) is 0. The molecular formula is C10H22. The quantitative estimate of drug-likeness (QED) is 0.547. The molecule has 0 aliphatic rings. The van der Waals surface area contributed by atoms with Crippen LogP contribution in [-0.4, -0.2) is 0 Å². The summed E-state index contributed by atoms with van der Waals surface area (Å²) in [6, 6.07) is 0. The molecule has 0 aromatic heterocycles. The molecule has 0 radical (unpaired) electrons. The molecule has 0 saturated heterocycles. The highest BCUT2D eigenvalue weighted by molar-refractivity contribution is 4.59. The lowest BCUT2D eigenvalue weighted by Gasteiger charge is -2.17. The second-order valence-corrected chi connectivity index (χ2v) is 3.51. The van der Waals surface area contributed by atoms with Crippen molar-refractivity contribution in [3.63, 3.8) is 0 Å². The van der Waals surface area contributed by atoms with Crippen LogP contribution in [0.15, 0.2) is 0 Å². The van der Waals surface area contributed by atoms with Gasteiger partial charge in [-0.1, -0.05) is 53.4 Å². The Morgan fingerprint density at radius 1 is 1.00 bits per heavy atom. The summed E-state index contributed by atoms with van der Waals surface area (Å²) in [4.78, 5) is 0. The first-order chi connectivity index (χ1) is 4.72. The molecule has 0 aromatic rings. The number of unbranched alkanes of at least 4 members (excludes halogenated alkanes) is 1. The largest absolute Gasteiger partial charge is 0.0654 e. The minimum absolute atomic E-state index is 0.923. The molecule has 0 amide bonds. The van der Waals surface area contributed by atoms with E-state index in [4.69, 9.17) is 0 Å². The Morgan fingerprint density at radius 3 is 2.00 bits per heavy atom. The van der Waals surface area contributed by atoms with Crippen molar-refractivity contribution in [2.45, 2.75) is 53.4 Å². The Labute approximate surface area is 66.0 Å². The number of hydrogen-bond acceptors (Lipinski definition) is 0. The lowest BCUT2D eigenvalue weighted by atomic mass is 9.89. The van der Waals surface area contributed by atoms with Crippen molar-refractivity contribution in [3.05, 3.63) is 0 Å². The highest BCUT2D eigenvalue weighted by Crippen LogP contribution is 2.19. The molecule has 0 saturated carbocycles. The summed E-state index contributed by atoms with van der Waals surface area (Å²) < 4.78 is 0. The molecule has 0 spiro atoms. The van der Waals surface area contributed by atoms with Gasteiger partial charge in [0.15, 0.2) is 0 Å². The molecule has 0 nitrogen and oxygen atoms in total. The highest BCUT2D eigenvalue weighted by Gasteiger charge is 2.08. The number of rotatable bonds is 5. The molecule has 10 heavy (non-hydrogen) atoms. The first kappa shape index (κ1) is 10.0. The lowest BCUT2D eigenvalue weighted by molar-refractivity contribution is 0.346. The van der Waals surface area contributed by atoms with Gasteiger partial charge in [0.25, 0.3) is 0 Å². The minimum Gasteiger partial charge on any atom is -0.0654 e. The van der Waals surface area contributed by atoms with Crippen LogP contribution in [0.3, 0.4) is 0 Å². The summed E-state index contributed by atoms with van der Waals surface area (Å²) in [7, 11) is 0. The van der Waals surface area contributed by atoms with Crippen molar-refractivity contribution in [3.8, 4) is 0 Å². The summed E-state index contributed by atoms with van der Waals surface area (Å²) >= 11 is 0. The first-order valence-electron chi connectivity index (χ1n) is 4.72. The van der Waals surface area contributed by atoms with E-state index in [1.165, 1.54) is 25.7 Å². The van der Waals surface area contributed by atoms with Gasteiger partial charge >= 0.3 is 0 Å². The molecule has 2 atom stereocenters. The Hall–Kier alpha value is 0. The zero-order chi connectivity index (χ0) is 7.98. The van der Waals surface area contributed by atoms with Gasteiger partial charge in [0.1, 0.15) is 0 Å². The molecule has 0 aliphatic heterocycles. The van der Waals surface area contributed by atoms with Crippen LogP contribution < -0.4 is 0 Å². The predicted octanol–water partition coefficient (Wildman–Crippen LogP) is 3.86. The lowest BCUT2D eigenvalue weighted by Crippen LogP contribution is -2.06. The molecule has 0 aliphatic carbocycles. The Bertz CT molecular complexity index is 66.4. The fourth-order valence-corrected chi connectivity index (χ4v) is 1.21. The van der Waals surface area contributed by atoms with Gasteiger partial charge in [0.2, 0.25) is 0 Å². The molecule has 62 valence electrons. The van der Waals surface area contributed by atoms with Crippen molar-refractivity contribution in [2.75, 3.05) is 0 Å². The van der Waals surface area contributed by atoms with Crippen molar-refractivity contribution in [1.29, 1.82) is 0 Å². The monoisotopic (exact) mass is 142 g/mol. The van der Waals surface area contributed by atoms with Gasteiger partial charge in [-0.3, -0.25) is 0 Å². The van der Waals surface area contributed by atoms with Crippen molar-refractivity contribution < 1.29 is 0 Å². The van der Waals surface area contributed by atoms with Gasteiger partial charge < -0.3 is 0 Å². The molecule has 0 aromatic carbocycles. The summed E-state index contributed by atoms with van der Waals surface area (Å²) in [5.74, 6) is 1.86. The molecule has 0 heterocycles. The van der Waals surface area contributed by atoms with E-state index in [2.05, 4.69) is 27.7 Å². The van der Waals surface area contributed by atoms with Crippen LogP contribution >= 0.6 is 0 Å². The maximum absolute atomic E-state index is 2.38. The molecule has 0 N–H and O–H groups in total. The van der Waals surface area contributed by atoms with Gasteiger partial charge in [-0.25, -0.2) is 0 Å². The third kappa shape index (κ3) is 3.92. The second-order valence-electron chi connectivity index (χ2n) is 3.51. The van der Waals surface area contributed by atoms with Crippen LogP contribution in [0.5, 0.6) is 0 Å². The average molecular weight is 142 g/mol. The Morgan fingerprint density at radius 2 is 1.60 bits per heavy atom. The summed E-state index contributed by atoms with van der Waals surface area (Å²) in [5, 5.41) is 0.